The largest absolute Gasteiger partial charge is 0.479 e. The molecule has 1 aromatic rings. The Morgan fingerprint density at radius 1 is 1.31 bits per heavy atom. The number of aliphatic carboxylic acids is 1. The summed E-state index contributed by atoms with van der Waals surface area (Å²) in [4.78, 5) is 10.3. The zero-order valence-corrected chi connectivity index (χ0v) is 7.49. The minimum atomic E-state index is -1.47. The molecule has 0 aliphatic carbocycles. The molecule has 13 heavy (non-hydrogen) atoms. The number of hydrogen-bond donors (Lipinski definition) is 3. The molecule has 0 amide bonds. The van der Waals surface area contributed by atoms with Gasteiger partial charge in [-0.25, -0.2) is 4.79 Å². The molecule has 0 fully saturated rings. The van der Waals surface area contributed by atoms with Crippen LogP contribution < -0.4 is 5.73 Å². The van der Waals surface area contributed by atoms with Crippen molar-refractivity contribution in [1.29, 1.82) is 0 Å². The van der Waals surface area contributed by atoms with Crippen LogP contribution >= 0.6 is 12.4 Å². The molecule has 0 aliphatic rings. The van der Waals surface area contributed by atoms with Crippen molar-refractivity contribution in [2.24, 2.45) is 0 Å². The maximum Gasteiger partial charge on any atom is 0.337 e. The predicted molar refractivity (Wildman–Crippen MR) is 50.7 cm³/mol. The summed E-state index contributed by atoms with van der Waals surface area (Å²) < 4.78 is 0. The van der Waals surface area contributed by atoms with Gasteiger partial charge < -0.3 is 15.9 Å². The molecule has 4 nitrogen and oxygen atoms in total. The van der Waals surface area contributed by atoms with E-state index in [2.05, 4.69) is 0 Å². The number of carboxylic acid groups (broad SMARTS) is 1. The average molecular weight is 204 g/mol. The van der Waals surface area contributed by atoms with Gasteiger partial charge >= 0.3 is 5.97 Å². The first kappa shape index (κ1) is 11.7. The Hall–Kier alpha value is -1.26. The number of aliphatic hydroxyl groups is 1. The molecule has 0 aromatic heterocycles. The van der Waals surface area contributed by atoms with E-state index in [-0.39, 0.29) is 12.4 Å². The first-order valence-corrected chi connectivity index (χ1v) is 3.37. The summed E-state index contributed by atoms with van der Waals surface area (Å²) in [5, 5.41) is 17.5. The van der Waals surface area contributed by atoms with Crippen molar-refractivity contribution in [3.05, 3.63) is 29.8 Å². The highest BCUT2D eigenvalue weighted by Gasteiger charge is 2.14. The van der Waals surface area contributed by atoms with Gasteiger partial charge in [0.2, 0.25) is 0 Å². The molecule has 0 spiro atoms. The van der Waals surface area contributed by atoms with Crippen molar-refractivity contribution >= 4 is 24.1 Å². The normalized spacial score (nSPS) is 11.5. The number of carboxylic acids is 1. The molecule has 1 aromatic carbocycles. The van der Waals surface area contributed by atoms with Gasteiger partial charge in [0.05, 0.1) is 0 Å². The Labute approximate surface area is 81.4 Å². The standard InChI is InChI=1S/C8H9NO3.ClH/c9-6-3-1-5(2-4-6)7(10)8(11)12;/h1-4,7,10H,9H2,(H,11,12);1H. The van der Waals surface area contributed by atoms with Crippen LogP contribution in [0.5, 0.6) is 0 Å². The van der Waals surface area contributed by atoms with Crippen molar-refractivity contribution in [1.82, 2.24) is 0 Å². The summed E-state index contributed by atoms with van der Waals surface area (Å²) in [5.74, 6) is -1.26. The summed E-state index contributed by atoms with van der Waals surface area (Å²) in [6, 6.07) is 6.05. The van der Waals surface area contributed by atoms with E-state index in [9.17, 15) is 4.79 Å². The predicted octanol–water partition coefficient (Wildman–Crippen LogP) is 0.809. The van der Waals surface area contributed by atoms with Crippen LogP contribution in [0.3, 0.4) is 0 Å². The SMILES string of the molecule is Cl.Nc1ccc(C(O)C(=O)O)cc1. The second-order valence-electron chi connectivity index (χ2n) is 2.41. The fraction of sp³-hybridized carbons (Fsp3) is 0.125. The zero-order chi connectivity index (χ0) is 9.14. The molecule has 5 heteroatoms. The van der Waals surface area contributed by atoms with E-state index < -0.39 is 12.1 Å². The Bertz CT molecular complexity index is 286. The third-order valence-corrected chi connectivity index (χ3v) is 1.49. The van der Waals surface area contributed by atoms with Gasteiger partial charge in [0.1, 0.15) is 0 Å². The maximum absolute atomic E-state index is 10.3. The second-order valence-corrected chi connectivity index (χ2v) is 2.41. The molecule has 0 saturated carbocycles. The topological polar surface area (TPSA) is 83.5 Å². The van der Waals surface area contributed by atoms with Crippen LogP contribution in [0, 0.1) is 0 Å². The van der Waals surface area contributed by atoms with E-state index in [1.54, 1.807) is 12.1 Å². The molecule has 0 saturated heterocycles. The van der Waals surface area contributed by atoms with Gasteiger partial charge in [-0.15, -0.1) is 12.4 Å². The summed E-state index contributed by atoms with van der Waals surface area (Å²) in [5.41, 5.74) is 6.24. The molecule has 1 atom stereocenters. The number of hydrogen-bond acceptors (Lipinski definition) is 3. The fourth-order valence-corrected chi connectivity index (χ4v) is 0.821. The van der Waals surface area contributed by atoms with E-state index in [0.717, 1.165) is 0 Å². The van der Waals surface area contributed by atoms with Crippen molar-refractivity contribution < 1.29 is 15.0 Å². The van der Waals surface area contributed by atoms with Crippen LogP contribution in [0.2, 0.25) is 0 Å². The highest BCUT2D eigenvalue weighted by molar-refractivity contribution is 5.85. The fourth-order valence-electron chi connectivity index (χ4n) is 0.821. The molecular weight excluding hydrogens is 194 g/mol. The molecule has 4 N–H and O–H groups in total. The van der Waals surface area contributed by atoms with Crippen molar-refractivity contribution in [3.8, 4) is 0 Å². The Balaban J connectivity index is 0.00000144. The van der Waals surface area contributed by atoms with Gasteiger partial charge in [0.25, 0.3) is 0 Å². The summed E-state index contributed by atoms with van der Waals surface area (Å²) >= 11 is 0. The van der Waals surface area contributed by atoms with Gasteiger partial charge in [-0.05, 0) is 17.7 Å². The third-order valence-electron chi connectivity index (χ3n) is 1.49. The van der Waals surface area contributed by atoms with Crippen molar-refractivity contribution in [3.63, 3.8) is 0 Å². The summed E-state index contributed by atoms with van der Waals surface area (Å²) in [6.07, 6.45) is -1.47. The van der Waals surface area contributed by atoms with E-state index in [1.165, 1.54) is 12.1 Å². The number of carbonyl (C=O) groups is 1. The zero-order valence-electron chi connectivity index (χ0n) is 6.68. The van der Waals surface area contributed by atoms with Crippen LogP contribution in [-0.2, 0) is 4.79 Å². The number of nitrogens with two attached hydrogens (primary N) is 1. The minimum Gasteiger partial charge on any atom is -0.479 e. The Kier molecular flexibility index (Phi) is 4.23. The van der Waals surface area contributed by atoms with E-state index in [4.69, 9.17) is 15.9 Å². The molecule has 0 radical (unpaired) electrons. The molecule has 72 valence electrons. The molecule has 0 aliphatic heterocycles. The van der Waals surface area contributed by atoms with E-state index in [1.807, 2.05) is 0 Å². The maximum atomic E-state index is 10.3. The molecule has 0 heterocycles. The van der Waals surface area contributed by atoms with E-state index >= 15 is 0 Å². The van der Waals surface area contributed by atoms with Crippen LogP contribution in [0.4, 0.5) is 5.69 Å². The smallest absolute Gasteiger partial charge is 0.337 e. The van der Waals surface area contributed by atoms with Gasteiger partial charge in [-0.2, -0.15) is 0 Å². The average Bonchev–Trinajstić information content (AvgIpc) is 2.04. The summed E-state index contributed by atoms with van der Waals surface area (Å²) in [7, 11) is 0. The molecule has 1 rings (SSSR count). The number of rotatable bonds is 2. The molecule has 0 bridgehead atoms. The van der Waals surface area contributed by atoms with Crippen LogP contribution in [0.25, 0.3) is 0 Å². The van der Waals surface area contributed by atoms with Crippen molar-refractivity contribution in [2.75, 3.05) is 5.73 Å². The van der Waals surface area contributed by atoms with Gasteiger partial charge in [-0.1, -0.05) is 12.1 Å². The van der Waals surface area contributed by atoms with Gasteiger partial charge in [0, 0.05) is 5.69 Å². The quantitative estimate of drug-likeness (QED) is 0.621. The number of aliphatic hydroxyl groups excluding tert-OH is 1. The monoisotopic (exact) mass is 203 g/mol. The number of halogens is 1. The highest BCUT2D eigenvalue weighted by Crippen LogP contribution is 2.14. The molecular formula is C8H10ClNO3. The number of anilines is 1. The van der Waals surface area contributed by atoms with Crippen molar-refractivity contribution in [2.45, 2.75) is 6.10 Å². The van der Waals surface area contributed by atoms with Crippen LogP contribution in [0.1, 0.15) is 11.7 Å². The lowest BCUT2D eigenvalue weighted by molar-refractivity contribution is -0.146. The molecule has 1 unspecified atom stereocenters. The Morgan fingerprint density at radius 3 is 2.15 bits per heavy atom. The first-order valence-electron chi connectivity index (χ1n) is 3.37. The van der Waals surface area contributed by atoms with Crippen LogP contribution in [0.15, 0.2) is 24.3 Å². The lowest BCUT2D eigenvalue weighted by atomic mass is 10.1. The highest BCUT2D eigenvalue weighted by atomic mass is 35.5. The third kappa shape index (κ3) is 2.93. The van der Waals surface area contributed by atoms with Crippen LogP contribution in [-0.4, -0.2) is 16.2 Å². The Morgan fingerprint density at radius 2 is 1.77 bits per heavy atom. The first-order chi connectivity index (χ1) is 5.61. The van der Waals surface area contributed by atoms with Gasteiger partial charge in [-0.3, -0.25) is 0 Å². The lowest BCUT2D eigenvalue weighted by Crippen LogP contribution is -2.10. The second kappa shape index (κ2) is 4.69. The van der Waals surface area contributed by atoms with Gasteiger partial charge in [0.15, 0.2) is 6.10 Å². The summed E-state index contributed by atoms with van der Waals surface area (Å²) in [6.45, 7) is 0. The minimum absolute atomic E-state index is 0. The van der Waals surface area contributed by atoms with E-state index in [0.29, 0.717) is 11.3 Å². The number of nitrogen functional groups attached to an aromatic ring is 1. The number of benzene rings is 1. The lowest BCUT2D eigenvalue weighted by Gasteiger charge is -2.04.